The van der Waals surface area contributed by atoms with Crippen LogP contribution in [0.3, 0.4) is 0 Å². The molecule has 1 aromatic heterocycles. The van der Waals surface area contributed by atoms with E-state index in [9.17, 15) is 14.0 Å². The Kier molecular flexibility index (Phi) is 10.5. The standard InChI is InChI=1S/C30H37FN4O3S/c1-3-25-6-4-5-7-27(25)32-30(37)34(14-13-33-15-17-38-18-16-33)22-29(36)35(21-28-23(2)12-19-39-28)20-24-8-10-26(31)11-9-24/h4-12,19H,3,13-18,20-22H2,1-2H3,(H,32,37). The number of halogens is 1. The summed E-state index contributed by atoms with van der Waals surface area (Å²) in [5.74, 6) is -0.475. The molecule has 208 valence electrons. The van der Waals surface area contributed by atoms with Crippen LogP contribution in [0.2, 0.25) is 0 Å². The number of nitrogens with zero attached hydrogens (tertiary/aromatic N) is 3. The molecule has 0 radical (unpaired) electrons. The molecular formula is C30H37FN4O3S. The van der Waals surface area contributed by atoms with Crippen molar-refractivity contribution in [3.05, 3.63) is 87.4 Å². The lowest BCUT2D eigenvalue weighted by atomic mass is 10.1. The average molecular weight is 553 g/mol. The Labute approximate surface area is 234 Å². The molecule has 0 saturated carbocycles. The van der Waals surface area contributed by atoms with E-state index in [-0.39, 0.29) is 24.3 Å². The zero-order valence-corrected chi connectivity index (χ0v) is 23.5. The van der Waals surface area contributed by atoms with Crippen LogP contribution in [0.4, 0.5) is 14.9 Å². The lowest BCUT2D eigenvalue weighted by Crippen LogP contribution is -2.48. The maximum Gasteiger partial charge on any atom is 0.322 e. The number of carbonyl (C=O) groups is 2. The summed E-state index contributed by atoms with van der Waals surface area (Å²) in [4.78, 5) is 34.0. The number of morpholine rings is 1. The molecule has 1 aliphatic rings. The fraction of sp³-hybridized carbons (Fsp3) is 0.400. The first kappa shape index (κ1) is 28.7. The predicted molar refractivity (Wildman–Crippen MR) is 153 cm³/mol. The SMILES string of the molecule is CCc1ccccc1NC(=O)N(CCN1CCOCC1)CC(=O)N(Cc1ccc(F)cc1)Cc1sccc1C. The van der Waals surface area contributed by atoms with Gasteiger partial charge in [0.15, 0.2) is 0 Å². The topological polar surface area (TPSA) is 65.1 Å². The third-order valence-corrected chi connectivity index (χ3v) is 7.99. The molecule has 3 aromatic rings. The second-order valence-electron chi connectivity index (χ2n) is 9.72. The van der Waals surface area contributed by atoms with E-state index in [2.05, 4.69) is 10.2 Å². The van der Waals surface area contributed by atoms with Gasteiger partial charge in [-0.25, -0.2) is 9.18 Å². The maximum absolute atomic E-state index is 13.8. The Bertz CT molecular complexity index is 1230. The van der Waals surface area contributed by atoms with Gasteiger partial charge in [-0.05, 0) is 59.7 Å². The molecule has 0 bridgehead atoms. The summed E-state index contributed by atoms with van der Waals surface area (Å²) < 4.78 is 19.0. The van der Waals surface area contributed by atoms with Gasteiger partial charge >= 0.3 is 6.03 Å². The highest BCUT2D eigenvalue weighted by atomic mass is 32.1. The van der Waals surface area contributed by atoms with Gasteiger partial charge in [0.25, 0.3) is 0 Å². The van der Waals surface area contributed by atoms with E-state index in [1.807, 2.05) is 49.6 Å². The van der Waals surface area contributed by atoms with Crippen molar-refractivity contribution < 1.29 is 18.7 Å². The number of carbonyl (C=O) groups excluding carboxylic acids is 2. The third-order valence-electron chi connectivity index (χ3n) is 6.99. The molecule has 2 aromatic carbocycles. The van der Waals surface area contributed by atoms with Gasteiger partial charge in [-0.15, -0.1) is 11.3 Å². The van der Waals surface area contributed by atoms with Crippen LogP contribution in [0, 0.1) is 12.7 Å². The van der Waals surface area contributed by atoms with E-state index in [4.69, 9.17) is 4.74 Å². The Morgan fingerprint density at radius 3 is 2.46 bits per heavy atom. The summed E-state index contributed by atoms with van der Waals surface area (Å²) in [5, 5.41) is 5.05. The Morgan fingerprint density at radius 1 is 1.03 bits per heavy atom. The molecule has 4 rings (SSSR count). The Morgan fingerprint density at radius 2 is 1.77 bits per heavy atom. The quantitative estimate of drug-likeness (QED) is 0.357. The molecule has 0 unspecified atom stereocenters. The van der Waals surface area contributed by atoms with Crippen molar-refractivity contribution in [3.63, 3.8) is 0 Å². The molecule has 9 heteroatoms. The van der Waals surface area contributed by atoms with Gasteiger partial charge in [0.1, 0.15) is 12.4 Å². The number of urea groups is 1. The van der Waals surface area contributed by atoms with Gasteiger partial charge in [-0.3, -0.25) is 9.69 Å². The van der Waals surface area contributed by atoms with E-state index in [0.29, 0.717) is 39.4 Å². The summed E-state index contributed by atoms with van der Waals surface area (Å²) in [6, 6.07) is 15.7. The highest BCUT2D eigenvalue weighted by Crippen LogP contribution is 2.21. The smallest absolute Gasteiger partial charge is 0.322 e. The number of hydrogen-bond donors (Lipinski definition) is 1. The van der Waals surface area contributed by atoms with Gasteiger partial charge in [0.2, 0.25) is 5.91 Å². The first-order valence-electron chi connectivity index (χ1n) is 13.4. The zero-order chi connectivity index (χ0) is 27.6. The summed E-state index contributed by atoms with van der Waals surface area (Å²) in [6.45, 7) is 8.77. The van der Waals surface area contributed by atoms with Gasteiger partial charge in [0.05, 0.1) is 19.8 Å². The lowest BCUT2D eigenvalue weighted by Gasteiger charge is -2.31. The van der Waals surface area contributed by atoms with Crippen molar-refractivity contribution in [1.29, 1.82) is 0 Å². The fourth-order valence-corrected chi connectivity index (χ4v) is 5.45. The van der Waals surface area contributed by atoms with Crippen molar-refractivity contribution in [1.82, 2.24) is 14.7 Å². The number of anilines is 1. The van der Waals surface area contributed by atoms with E-state index >= 15 is 0 Å². The molecule has 0 spiro atoms. The number of thiophene rings is 1. The molecule has 0 atom stereocenters. The molecule has 2 heterocycles. The minimum absolute atomic E-state index is 0.0594. The lowest BCUT2D eigenvalue weighted by molar-refractivity contribution is -0.133. The number of nitrogens with one attached hydrogen (secondary N) is 1. The van der Waals surface area contributed by atoms with Gasteiger partial charge < -0.3 is 19.9 Å². The summed E-state index contributed by atoms with van der Waals surface area (Å²) >= 11 is 1.60. The minimum atomic E-state index is -0.316. The largest absolute Gasteiger partial charge is 0.379 e. The monoisotopic (exact) mass is 552 g/mol. The molecule has 39 heavy (non-hydrogen) atoms. The van der Waals surface area contributed by atoms with Crippen LogP contribution >= 0.6 is 11.3 Å². The third kappa shape index (κ3) is 8.36. The van der Waals surface area contributed by atoms with Crippen LogP contribution in [0.25, 0.3) is 0 Å². The molecule has 1 saturated heterocycles. The van der Waals surface area contributed by atoms with Gasteiger partial charge in [-0.2, -0.15) is 0 Å². The molecule has 7 nitrogen and oxygen atoms in total. The number of hydrogen-bond acceptors (Lipinski definition) is 5. The normalized spacial score (nSPS) is 13.7. The first-order chi connectivity index (χ1) is 18.9. The van der Waals surface area contributed by atoms with E-state index in [0.717, 1.165) is 46.8 Å². The van der Waals surface area contributed by atoms with Crippen molar-refractivity contribution in [2.45, 2.75) is 33.4 Å². The van der Waals surface area contributed by atoms with Crippen LogP contribution in [0.5, 0.6) is 0 Å². The number of amides is 3. The second-order valence-corrected chi connectivity index (χ2v) is 10.7. The van der Waals surface area contributed by atoms with E-state index in [1.54, 1.807) is 33.3 Å². The van der Waals surface area contributed by atoms with E-state index in [1.165, 1.54) is 12.1 Å². The second kappa shape index (κ2) is 14.2. The van der Waals surface area contributed by atoms with Crippen molar-refractivity contribution >= 4 is 29.0 Å². The molecule has 3 amide bonds. The number of benzene rings is 2. The highest BCUT2D eigenvalue weighted by Gasteiger charge is 2.24. The number of aryl methyl sites for hydroxylation is 2. The molecule has 1 fully saturated rings. The maximum atomic E-state index is 13.8. The highest BCUT2D eigenvalue weighted by molar-refractivity contribution is 7.10. The van der Waals surface area contributed by atoms with Crippen LogP contribution in [0.15, 0.2) is 60.0 Å². The van der Waals surface area contributed by atoms with Crippen molar-refractivity contribution in [2.75, 3.05) is 51.3 Å². The summed E-state index contributed by atoms with van der Waals surface area (Å²) in [5.41, 5.74) is 3.75. The number of rotatable bonds is 11. The Balaban J connectivity index is 1.52. The number of ether oxygens (including phenoxy) is 1. The van der Waals surface area contributed by atoms with Crippen LogP contribution < -0.4 is 5.32 Å². The van der Waals surface area contributed by atoms with E-state index < -0.39 is 0 Å². The van der Waals surface area contributed by atoms with Crippen LogP contribution in [-0.4, -0.2) is 72.6 Å². The molecule has 1 N–H and O–H groups in total. The summed E-state index contributed by atoms with van der Waals surface area (Å²) in [6.07, 6.45) is 0.786. The first-order valence-corrected chi connectivity index (χ1v) is 14.3. The van der Waals surface area contributed by atoms with Crippen molar-refractivity contribution in [3.8, 4) is 0 Å². The number of para-hydroxylation sites is 1. The molecule has 0 aliphatic carbocycles. The summed E-state index contributed by atoms with van der Waals surface area (Å²) in [7, 11) is 0. The van der Waals surface area contributed by atoms with Gasteiger partial charge in [-0.1, -0.05) is 37.3 Å². The van der Waals surface area contributed by atoms with Gasteiger partial charge in [0, 0.05) is 43.3 Å². The van der Waals surface area contributed by atoms with Crippen LogP contribution in [0.1, 0.15) is 28.5 Å². The molecule has 1 aliphatic heterocycles. The van der Waals surface area contributed by atoms with Crippen LogP contribution in [-0.2, 0) is 29.0 Å². The molecular weight excluding hydrogens is 515 g/mol. The Hall–Kier alpha value is -3.27. The average Bonchev–Trinajstić information content (AvgIpc) is 3.36. The minimum Gasteiger partial charge on any atom is -0.379 e. The predicted octanol–water partition coefficient (Wildman–Crippen LogP) is 5.15. The zero-order valence-electron chi connectivity index (χ0n) is 22.7. The van der Waals surface area contributed by atoms with Crippen molar-refractivity contribution in [2.24, 2.45) is 0 Å². The fourth-order valence-electron chi connectivity index (χ4n) is 4.53.